The molecule has 1 aromatic carbocycles. The van der Waals surface area contributed by atoms with E-state index in [0.29, 0.717) is 0 Å². The summed E-state index contributed by atoms with van der Waals surface area (Å²) in [5.41, 5.74) is 1.73. The van der Waals surface area contributed by atoms with Crippen molar-refractivity contribution in [3.63, 3.8) is 0 Å². The Morgan fingerprint density at radius 3 is 2.75 bits per heavy atom. The Morgan fingerprint density at radius 1 is 1.25 bits per heavy atom. The topological polar surface area (TPSA) is 48.1 Å². The van der Waals surface area contributed by atoms with Gasteiger partial charge in [0.2, 0.25) is 0 Å². The second-order valence-electron chi connectivity index (χ2n) is 4.88. The molecule has 108 valence electrons. The molecule has 0 aliphatic carbocycles. The number of carbonyl (C=O) groups is 1. The lowest BCUT2D eigenvalue weighted by Gasteiger charge is -2.17. The summed E-state index contributed by atoms with van der Waals surface area (Å²) in [6, 6.07) is 7.86. The number of hydrogen-bond donors (Lipinski definition) is 2. The van der Waals surface area contributed by atoms with E-state index < -0.39 is 0 Å². The average Bonchev–Trinajstić information content (AvgIpc) is 2.91. The van der Waals surface area contributed by atoms with Gasteiger partial charge in [0.1, 0.15) is 0 Å². The molecule has 0 fully saturated rings. The fourth-order valence-corrected chi connectivity index (χ4v) is 2.40. The molecule has 1 heterocycles. The van der Waals surface area contributed by atoms with Crippen LogP contribution in [0.1, 0.15) is 30.6 Å². The molecule has 0 bridgehead atoms. The fraction of sp³-hybridized carbons (Fsp3) is 0.438. The number of para-hydroxylation sites is 1. The summed E-state index contributed by atoms with van der Waals surface area (Å²) in [5, 5.41) is 3.98. The summed E-state index contributed by atoms with van der Waals surface area (Å²) >= 11 is 0. The van der Waals surface area contributed by atoms with Crippen LogP contribution >= 0.6 is 0 Å². The third-order valence-corrected chi connectivity index (χ3v) is 3.66. The van der Waals surface area contributed by atoms with E-state index in [2.05, 4.69) is 29.0 Å². The molecule has 0 atom stereocenters. The van der Waals surface area contributed by atoms with Gasteiger partial charge in [-0.15, -0.1) is 0 Å². The molecular weight excluding hydrogens is 250 g/mol. The first kappa shape index (κ1) is 14.6. The number of nitrogens with zero attached hydrogens (tertiary/aromatic N) is 1. The van der Waals surface area contributed by atoms with Gasteiger partial charge in [0.15, 0.2) is 0 Å². The third-order valence-electron chi connectivity index (χ3n) is 3.66. The molecule has 0 aliphatic heterocycles. The number of nitrogens with one attached hydrogen (secondary N) is 2. The summed E-state index contributed by atoms with van der Waals surface area (Å²) in [4.78, 5) is 17.6. The standard InChI is InChI=1S/C16H23N3O/c1-3-19(4-2)11-7-10-17-16(20)14-12-18-15-9-6-5-8-13(14)15/h5-6,8-9,12,18H,3-4,7,10-11H2,1-2H3,(H,17,20). The summed E-state index contributed by atoms with van der Waals surface area (Å²) in [5.74, 6) is 0.00185. The number of fused-ring (bicyclic) bond motifs is 1. The Bertz CT molecular complexity index is 558. The van der Waals surface area contributed by atoms with E-state index in [0.717, 1.165) is 49.1 Å². The number of rotatable bonds is 7. The van der Waals surface area contributed by atoms with E-state index in [1.165, 1.54) is 0 Å². The maximum Gasteiger partial charge on any atom is 0.253 e. The van der Waals surface area contributed by atoms with Crippen molar-refractivity contribution < 1.29 is 4.79 Å². The smallest absolute Gasteiger partial charge is 0.253 e. The monoisotopic (exact) mass is 273 g/mol. The van der Waals surface area contributed by atoms with Crippen molar-refractivity contribution >= 4 is 16.8 Å². The first-order valence-corrected chi connectivity index (χ1v) is 7.33. The van der Waals surface area contributed by atoms with Crippen LogP contribution in [0.5, 0.6) is 0 Å². The number of benzene rings is 1. The molecule has 0 saturated carbocycles. The van der Waals surface area contributed by atoms with Gasteiger partial charge in [0, 0.05) is 23.6 Å². The Labute approximate surface area is 120 Å². The van der Waals surface area contributed by atoms with Crippen molar-refractivity contribution in [3.8, 4) is 0 Å². The van der Waals surface area contributed by atoms with Gasteiger partial charge in [-0.1, -0.05) is 32.0 Å². The number of aromatic nitrogens is 1. The first-order valence-electron chi connectivity index (χ1n) is 7.33. The molecule has 2 aromatic rings. The van der Waals surface area contributed by atoms with Gasteiger partial charge in [-0.25, -0.2) is 0 Å². The Balaban J connectivity index is 1.86. The molecule has 0 aliphatic rings. The van der Waals surface area contributed by atoms with Crippen molar-refractivity contribution in [2.24, 2.45) is 0 Å². The van der Waals surface area contributed by atoms with E-state index in [4.69, 9.17) is 0 Å². The normalized spacial score (nSPS) is 11.2. The number of aromatic amines is 1. The van der Waals surface area contributed by atoms with Crippen LogP contribution in [0.15, 0.2) is 30.5 Å². The zero-order valence-electron chi connectivity index (χ0n) is 12.3. The SMILES string of the molecule is CCN(CC)CCCNC(=O)c1c[nH]c2ccccc12. The van der Waals surface area contributed by atoms with Crippen LogP contribution in [-0.2, 0) is 0 Å². The molecule has 4 nitrogen and oxygen atoms in total. The molecule has 4 heteroatoms. The summed E-state index contributed by atoms with van der Waals surface area (Å²) in [7, 11) is 0. The van der Waals surface area contributed by atoms with Crippen LogP contribution < -0.4 is 5.32 Å². The Hall–Kier alpha value is -1.81. The maximum atomic E-state index is 12.2. The van der Waals surface area contributed by atoms with E-state index in [1.807, 2.05) is 24.3 Å². The van der Waals surface area contributed by atoms with E-state index in [1.54, 1.807) is 6.20 Å². The highest BCUT2D eigenvalue weighted by molar-refractivity contribution is 6.06. The van der Waals surface area contributed by atoms with Crippen molar-refractivity contribution in [2.45, 2.75) is 20.3 Å². The minimum Gasteiger partial charge on any atom is -0.360 e. The Morgan fingerprint density at radius 2 is 2.00 bits per heavy atom. The van der Waals surface area contributed by atoms with Crippen LogP contribution in [0, 0.1) is 0 Å². The zero-order valence-corrected chi connectivity index (χ0v) is 12.3. The number of H-pyrrole nitrogens is 1. The number of hydrogen-bond acceptors (Lipinski definition) is 2. The highest BCUT2D eigenvalue weighted by Crippen LogP contribution is 2.17. The summed E-state index contributed by atoms with van der Waals surface area (Å²) < 4.78 is 0. The molecule has 2 rings (SSSR count). The van der Waals surface area contributed by atoms with E-state index >= 15 is 0 Å². The van der Waals surface area contributed by atoms with Crippen LogP contribution in [-0.4, -0.2) is 42.0 Å². The van der Waals surface area contributed by atoms with Crippen molar-refractivity contribution in [1.82, 2.24) is 15.2 Å². The minimum absolute atomic E-state index is 0.00185. The predicted molar refractivity (Wildman–Crippen MR) is 83.0 cm³/mol. The van der Waals surface area contributed by atoms with Gasteiger partial charge >= 0.3 is 0 Å². The number of carbonyl (C=O) groups excluding carboxylic acids is 1. The highest BCUT2D eigenvalue weighted by Gasteiger charge is 2.10. The molecule has 1 aromatic heterocycles. The van der Waals surface area contributed by atoms with Crippen LogP contribution in [0.25, 0.3) is 10.9 Å². The molecule has 20 heavy (non-hydrogen) atoms. The van der Waals surface area contributed by atoms with Crippen molar-refractivity contribution in [3.05, 3.63) is 36.0 Å². The molecule has 2 N–H and O–H groups in total. The molecular formula is C16H23N3O. The highest BCUT2D eigenvalue weighted by atomic mass is 16.1. The van der Waals surface area contributed by atoms with Crippen molar-refractivity contribution in [2.75, 3.05) is 26.2 Å². The van der Waals surface area contributed by atoms with Gasteiger partial charge in [0.25, 0.3) is 5.91 Å². The van der Waals surface area contributed by atoms with Crippen molar-refractivity contribution in [1.29, 1.82) is 0 Å². The fourth-order valence-electron chi connectivity index (χ4n) is 2.40. The van der Waals surface area contributed by atoms with E-state index in [9.17, 15) is 4.79 Å². The van der Waals surface area contributed by atoms with Gasteiger partial charge < -0.3 is 15.2 Å². The lowest BCUT2D eigenvalue weighted by Crippen LogP contribution is -2.29. The summed E-state index contributed by atoms with van der Waals surface area (Å²) in [6.45, 7) is 8.19. The number of amides is 1. The van der Waals surface area contributed by atoms with E-state index in [-0.39, 0.29) is 5.91 Å². The lowest BCUT2D eigenvalue weighted by molar-refractivity contribution is 0.0953. The molecule has 0 unspecified atom stereocenters. The Kier molecular flexibility index (Phi) is 5.18. The largest absolute Gasteiger partial charge is 0.360 e. The molecule has 0 radical (unpaired) electrons. The van der Waals surface area contributed by atoms with Crippen LogP contribution in [0.3, 0.4) is 0 Å². The lowest BCUT2D eigenvalue weighted by atomic mass is 10.1. The second kappa shape index (κ2) is 7.10. The minimum atomic E-state index is 0.00185. The maximum absolute atomic E-state index is 12.2. The van der Waals surface area contributed by atoms with Crippen LogP contribution in [0.4, 0.5) is 0 Å². The van der Waals surface area contributed by atoms with Crippen LogP contribution in [0.2, 0.25) is 0 Å². The third kappa shape index (κ3) is 3.39. The van der Waals surface area contributed by atoms with Gasteiger partial charge in [-0.3, -0.25) is 4.79 Å². The molecule has 1 amide bonds. The average molecular weight is 273 g/mol. The quantitative estimate of drug-likeness (QED) is 0.762. The predicted octanol–water partition coefficient (Wildman–Crippen LogP) is 2.63. The van der Waals surface area contributed by atoms with Gasteiger partial charge in [-0.2, -0.15) is 0 Å². The zero-order chi connectivity index (χ0) is 14.4. The second-order valence-corrected chi connectivity index (χ2v) is 4.88. The molecule has 0 spiro atoms. The molecule has 0 saturated heterocycles. The van der Waals surface area contributed by atoms with Gasteiger partial charge in [0.05, 0.1) is 5.56 Å². The van der Waals surface area contributed by atoms with Gasteiger partial charge in [-0.05, 0) is 32.1 Å². The first-order chi connectivity index (χ1) is 9.76. The summed E-state index contributed by atoms with van der Waals surface area (Å²) in [6.07, 6.45) is 2.76.